The number of aryl methyl sites for hydroxylation is 1. The zero-order valence-corrected chi connectivity index (χ0v) is 12.3. The van der Waals surface area contributed by atoms with E-state index in [9.17, 15) is 9.59 Å². The molecular weight excluding hydrogens is 330 g/mol. The van der Waals surface area contributed by atoms with Crippen LogP contribution in [-0.4, -0.2) is 17.0 Å². The highest BCUT2D eigenvalue weighted by molar-refractivity contribution is 9.10. The highest BCUT2D eigenvalue weighted by atomic mass is 79.9. The molecule has 1 aromatic heterocycles. The Kier molecular flexibility index (Phi) is 4.01. The molecule has 0 atom stereocenters. The molecule has 0 aliphatic carbocycles. The fraction of sp³-hybridized carbons (Fsp3) is 0.0769. The Morgan fingerprint density at radius 3 is 2.63 bits per heavy atom. The molecule has 4 nitrogen and oxygen atoms in total. The maximum Gasteiger partial charge on any atom is 0.337 e. The predicted octanol–water partition coefficient (Wildman–Crippen LogP) is 3.77. The van der Waals surface area contributed by atoms with E-state index in [1.165, 1.54) is 17.4 Å². The summed E-state index contributed by atoms with van der Waals surface area (Å²) in [5, 5.41) is 13.5. The summed E-state index contributed by atoms with van der Waals surface area (Å²) in [7, 11) is 0. The van der Waals surface area contributed by atoms with Gasteiger partial charge in [0.2, 0.25) is 0 Å². The van der Waals surface area contributed by atoms with E-state index in [2.05, 4.69) is 21.2 Å². The summed E-state index contributed by atoms with van der Waals surface area (Å²) in [5.41, 5.74) is 1.21. The molecule has 0 aliphatic heterocycles. The molecule has 98 valence electrons. The largest absolute Gasteiger partial charge is 0.478 e. The maximum atomic E-state index is 12.0. The van der Waals surface area contributed by atoms with Gasteiger partial charge in [-0.3, -0.25) is 4.79 Å². The Morgan fingerprint density at radius 1 is 1.32 bits per heavy atom. The SMILES string of the molecule is Cc1ccc(NC(=O)c2sccc2Br)c(C(=O)O)c1. The molecule has 0 saturated heterocycles. The number of carboxylic acid groups (broad SMARTS) is 1. The lowest BCUT2D eigenvalue weighted by molar-refractivity contribution is 0.0698. The van der Waals surface area contributed by atoms with Gasteiger partial charge < -0.3 is 10.4 Å². The number of hydrogen-bond donors (Lipinski definition) is 2. The molecule has 6 heteroatoms. The first-order chi connectivity index (χ1) is 8.99. The predicted molar refractivity (Wildman–Crippen MR) is 78.1 cm³/mol. The number of nitrogens with one attached hydrogen (secondary N) is 1. The number of rotatable bonds is 3. The summed E-state index contributed by atoms with van der Waals surface area (Å²) in [6.45, 7) is 1.80. The van der Waals surface area contributed by atoms with E-state index in [0.717, 1.165) is 5.56 Å². The summed E-state index contributed by atoms with van der Waals surface area (Å²) in [5.74, 6) is -1.39. The van der Waals surface area contributed by atoms with Crippen LogP contribution in [0.5, 0.6) is 0 Å². The third-order valence-electron chi connectivity index (χ3n) is 2.48. The number of hydrogen-bond acceptors (Lipinski definition) is 3. The standard InChI is InChI=1S/C13H10BrNO3S/c1-7-2-3-10(8(6-7)13(17)18)15-12(16)11-9(14)4-5-19-11/h2-6H,1H3,(H,15,16)(H,17,18). The minimum atomic E-state index is -1.07. The van der Waals surface area contributed by atoms with Gasteiger partial charge in [-0.2, -0.15) is 0 Å². The fourth-order valence-electron chi connectivity index (χ4n) is 1.58. The number of benzene rings is 1. The van der Waals surface area contributed by atoms with Crippen molar-refractivity contribution in [3.8, 4) is 0 Å². The number of aromatic carboxylic acids is 1. The van der Waals surface area contributed by atoms with Crippen molar-refractivity contribution in [1.82, 2.24) is 0 Å². The molecule has 1 aromatic carbocycles. The van der Waals surface area contributed by atoms with Gasteiger partial charge in [0, 0.05) is 4.47 Å². The van der Waals surface area contributed by atoms with Crippen LogP contribution in [0.1, 0.15) is 25.6 Å². The Balaban J connectivity index is 2.32. The van der Waals surface area contributed by atoms with Crippen LogP contribution >= 0.6 is 27.3 Å². The molecule has 2 N–H and O–H groups in total. The minimum Gasteiger partial charge on any atom is -0.478 e. The zero-order chi connectivity index (χ0) is 14.0. The first kappa shape index (κ1) is 13.8. The highest BCUT2D eigenvalue weighted by Gasteiger charge is 2.16. The zero-order valence-electron chi connectivity index (χ0n) is 9.94. The van der Waals surface area contributed by atoms with Crippen LogP contribution in [0.3, 0.4) is 0 Å². The Morgan fingerprint density at radius 2 is 2.05 bits per heavy atom. The van der Waals surface area contributed by atoms with Crippen LogP contribution in [0.25, 0.3) is 0 Å². The number of carbonyl (C=O) groups is 2. The highest BCUT2D eigenvalue weighted by Crippen LogP contribution is 2.25. The molecule has 0 aliphatic rings. The molecule has 0 fully saturated rings. The van der Waals surface area contributed by atoms with Crippen molar-refractivity contribution in [2.75, 3.05) is 5.32 Å². The number of carboxylic acids is 1. The summed E-state index contributed by atoms with van der Waals surface area (Å²) in [4.78, 5) is 23.7. The Bertz CT molecular complexity index is 651. The van der Waals surface area contributed by atoms with Gasteiger partial charge in [-0.15, -0.1) is 11.3 Å². The molecule has 1 heterocycles. The van der Waals surface area contributed by atoms with E-state index in [4.69, 9.17) is 5.11 Å². The minimum absolute atomic E-state index is 0.0843. The summed E-state index contributed by atoms with van der Waals surface area (Å²) < 4.78 is 0.694. The molecule has 0 bridgehead atoms. The van der Waals surface area contributed by atoms with Gasteiger partial charge in [-0.1, -0.05) is 11.6 Å². The Hall–Kier alpha value is -1.66. The van der Waals surface area contributed by atoms with Crippen LogP contribution in [0, 0.1) is 6.92 Å². The van der Waals surface area contributed by atoms with Crippen LogP contribution in [0.2, 0.25) is 0 Å². The second kappa shape index (κ2) is 5.54. The number of amides is 1. The van der Waals surface area contributed by atoms with Crippen LogP contribution in [-0.2, 0) is 0 Å². The van der Waals surface area contributed by atoms with Crippen LogP contribution < -0.4 is 5.32 Å². The maximum absolute atomic E-state index is 12.0. The molecule has 2 rings (SSSR count). The lowest BCUT2D eigenvalue weighted by Crippen LogP contribution is -2.14. The second-order valence-electron chi connectivity index (χ2n) is 3.91. The van der Waals surface area contributed by atoms with Crippen molar-refractivity contribution in [2.45, 2.75) is 6.92 Å². The van der Waals surface area contributed by atoms with Crippen molar-refractivity contribution in [3.05, 3.63) is 50.1 Å². The quantitative estimate of drug-likeness (QED) is 0.894. The summed E-state index contributed by atoms with van der Waals surface area (Å²) in [6.07, 6.45) is 0. The number of thiophene rings is 1. The van der Waals surface area contributed by atoms with E-state index in [-0.39, 0.29) is 11.5 Å². The number of anilines is 1. The van der Waals surface area contributed by atoms with Crippen molar-refractivity contribution >= 4 is 44.8 Å². The van der Waals surface area contributed by atoms with Crippen molar-refractivity contribution in [2.24, 2.45) is 0 Å². The molecule has 0 radical (unpaired) electrons. The number of halogens is 1. The monoisotopic (exact) mass is 339 g/mol. The van der Waals surface area contributed by atoms with Gasteiger partial charge in [-0.25, -0.2) is 4.79 Å². The lowest BCUT2D eigenvalue weighted by Gasteiger charge is -2.08. The molecule has 0 saturated carbocycles. The van der Waals surface area contributed by atoms with Crippen LogP contribution in [0.4, 0.5) is 5.69 Å². The lowest BCUT2D eigenvalue weighted by atomic mass is 10.1. The summed E-state index contributed by atoms with van der Waals surface area (Å²) in [6, 6.07) is 6.65. The van der Waals surface area contributed by atoms with Gasteiger partial charge in [0.1, 0.15) is 4.88 Å². The second-order valence-corrected chi connectivity index (χ2v) is 5.68. The van der Waals surface area contributed by atoms with Crippen LogP contribution in [0.15, 0.2) is 34.1 Å². The Labute approximate surface area is 122 Å². The molecule has 0 spiro atoms. The molecular formula is C13H10BrNO3S. The summed E-state index contributed by atoms with van der Waals surface area (Å²) >= 11 is 4.56. The van der Waals surface area contributed by atoms with E-state index in [0.29, 0.717) is 15.0 Å². The van der Waals surface area contributed by atoms with Crippen molar-refractivity contribution < 1.29 is 14.7 Å². The van der Waals surface area contributed by atoms with E-state index in [1.807, 2.05) is 0 Å². The number of carbonyl (C=O) groups excluding carboxylic acids is 1. The van der Waals surface area contributed by atoms with Gasteiger partial charge >= 0.3 is 5.97 Å². The molecule has 0 unspecified atom stereocenters. The fourth-order valence-corrected chi connectivity index (χ4v) is 3.03. The average molecular weight is 340 g/mol. The molecule has 2 aromatic rings. The topological polar surface area (TPSA) is 66.4 Å². The van der Waals surface area contributed by atoms with E-state index < -0.39 is 5.97 Å². The van der Waals surface area contributed by atoms with Gasteiger partial charge in [0.15, 0.2) is 0 Å². The first-order valence-electron chi connectivity index (χ1n) is 5.37. The average Bonchev–Trinajstić information content (AvgIpc) is 2.77. The van der Waals surface area contributed by atoms with Crippen molar-refractivity contribution in [3.63, 3.8) is 0 Å². The van der Waals surface area contributed by atoms with E-state index >= 15 is 0 Å². The van der Waals surface area contributed by atoms with Gasteiger partial charge in [0.25, 0.3) is 5.91 Å². The first-order valence-corrected chi connectivity index (χ1v) is 7.04. The third kappa shape index (κ3) is 3.02. The van der Waals surface area contributed by atoms with Gasteiger partial charge in [0.05, 0.1) is 11.3 Å². The smallest absolute Gasteiger partial charge is 0.337 e. The molecule has 19 heavy (non-hydrogen) atoms. The normalized spacial score (nSPS) is 10.2. The third-order valence-corrected chi connectivity index (χ3v) is 4.31. The van der Waals surface area contributed by atoms with Gasteiger partial charge in [-0.05, 0) is 46.4 Å². The molecule has 1 amide bonds. The van der Waals surface area contributed by atoms with Crippen molar-refractivity contribution in [1.29, 1.82) is 0 Å². The van der Waals surface area contributed by atoms with E-state index in [1.54, 1.807) is 30.5 Å².